The molecule has 1 fully saturated rings. The summed E-state index contributed by atoms with van der Waals surface area (Å²) in [5.41, 5.74) is 0.554. The fourth-order valence-corrected chi connectivity index (χ4v) is 2.99. The second kappa shape index (κ2) is 5.07. The first-order valence-corrected chi connectivity index (χ1v) is 7.38. The number of nitrogens with zero attached hydrogens (tertiary/aromatic N) is 2. The van der Waals surface area contributed by atoms with Gasteiger partial charge < -0.3 is 14.4 Å². The maximum atomic E-state index is 10.8. The van der Waals surface area contributed by atoms with E-state index >= 15 is 0 Å². The van der Waals surface area contributed by atoms with Crippen molar-refractivity contribution < 1.29 is 9.84 Å². The fraction of sp³-hybridized carbons (Fsp3) is 0.385. The highest BCUT2D eigenvalue weighted by atomic mass is 79.9. The zero-order valence-corrected chi connectivity index (χ0v) is 13.2. The van der Waals surface area contributed by atoms with Crippen LogP contribution in [0.15, 0.2) is 28.7 Å². The molecule has 1 atom stereocenters. The third-order valence-corrected chi connectivity index (χ3v) is 4.66. The molecule has 20 heavy (non-hydrogen) atoms. The van der Waals surface area contributed by atoms with Crippen molar-refractivity contribution in [1.82, 2.24) is 14.8 Å². The molecule has 106 valence electrons. The van der Waals surface area contributed by atoms with Gasteiger partial charge in [-0.25, -0.2) is 0 Å². The smallest absolute Gasteiger partial charge is 0.194 e. The van der Waals surface area contributed by atoms with Crippen molar-refractivity contribution in [2.75, 3.05) is 13.2 Å². The Morgan fingerprint density at radius 3 is 2.80 bits per heavy atom. The Morgan fingerprint density at radius 2 is 2.30 bits per heavy atom. The van der Waals surface area contributed by atoms with Gasteiger partial charge in [-0.2, -0.15) is 5.10 Å². The predicted molar refractivity (Wildman–Crippen MR) is 80.0 cm³/mol. The van der Waals surface area contributed by atoms with Gasteiger partial charge in [-0.15, -0.1) is 0 Å². The minimum Gasteiger partial charge on any atom is -0.384 e. The lowest BCUT2D eigenvalue weighted by Gasteiger charge is -2.44. The van der Waals surface area contributed by atoms with Crippen LogP contribution in [0.4, 0.5) is 0 Å². The monoisotopic (exact) mass is 355 g/mol. The van der Waals surface area contributed by atoms with E-state index in [9.17, 15) is 5.11 Å². The lowest BCUT2D eigenvalue weighted by molar-refractivity contribution is -0.124. The Morgan fingerprint density at radius 1 is 1.55 bits per heavy atom. The van der Waals surface area contributed by atoms with Crippen molar-refractivity contribution >= 4 is 28.1 Å². The molecule has 2 heterocycles. The highest BCUT2D eigenvalue weighted by Crippen LogP contribution is 2.43. The van der Waals surface area contributed by atoms with E-state index in [0.717, 1.165) is 10.0 Å². The van der Waals surface area contributed by atoms with Gasteiger partial charge in [-0.05, 0) is 29.9 Å². The Hall–Kier alpha value is -1.02. The minimum atomic E-state index is -0.775. The molecule has 0 spiro atoms. The Kier molecular flexibility index (Phi) is 3.53. The highest BCUT2D eigenvalue weighted by Gasteiger charge is 2.49. The van der Waals surface area contributed by atoms with E-state index in [-0.39, 0.29) is 0 Å². The van der Waals surface area contributed by atoms with Crippen molar-refractivity contribution in [2.24, 2.45) is 7.05 Å². The van der Waals surface area contributed by atoms with Gasteiger partial charge in [0.05, 0.1) is 18.6 Å². The highest BCUT2D eigenvalue weighted by molar-refractivity contribution is 9.10. The summed E-state index contributed by atoms with van der Waals surface area (Å²) >= 11 is 8.57. The normalized spacial score (nSPS) is 18.6. The molecule has 0 bridgehead atoms. The standard InChI is InChI=1S/C13H14BrN3O2S/c1-17-11(15-16-12(17)20)10(18)13(6-19-7-13)8-3-2-4-9(14)5-8/h2-5,10,18H,6-7H2,1H3,(H,16,20). The summed E-state index contributed by atoms with van der Waals surface area (Å²) in [7, 11) is 1.79. The number of halogens is 1. The zero-order chi connectivity index (χ0) is 14.3. The fourth-order valence-electron chi connectivity index (χ4n) is 2.45. The van der Waals surface area contributed by atoms with Crippen molar-refractivity contribution in [3.63, 3.8) is 0 Å². The summed E-state index contributed by atoms with van der Waals surface area (Å²) in [5, 5.41) is 17.6. The molecule has 1 saturated heterocycles. The Balaban J connectivity index is 2.05. The molecule has 0 amide bonds. The second-order valence-electron chi connectivity index (χ2n) is 5.01. The lowest BCUT2D eigenvalue weighted by atomic mass is 9.73. The molecule has 5 nitrogen and oxygen atoms in total. The van der Waals surface area contributed by atoms with Crippen LogP contribution in [0.1, 0.15) is 17.5 Å². The third-order valence-electron chi connectivity index (χ3n) is 3.80. The van der Waals surface area contributed by atoms with Crippen LogP contribution in [0.25, 0.3) is 0 Å². The van der Waals surface area contributed by atoms with E-state index in [2.05, 4.69) is 26.1 Å². The summed E-state index contributed by atoms with van der Waals surface area (Å²) in [4.78, 5) is 0. The first-order chi connectivity index (χ1) is 9.54. The molecule has 1 aliphatic heterocycles. The number of aliphatic hydroxyl groups excluding tert-OH is 1. The number of nitrogens with one attached hydrogen (secondary N) is 1. The maximum Gasteiger partial charge on any atom is 0.194 e. The molecule has 1 aromatic carbocycles. The van der Waals surface area contributed by atoms with Crippen LogP contribution in [0.2, 0.25) is 0 Å². The topological polar surface area (TPSA) is 63.1 Å². The summed E-state index contributed by atoms with van der Waals surface area (Å²) in [5.74, 6) is 0.526. The molecule has 1 aliphatic rings. The lowest BCUT2D eigenvalue weighted by Crippen LogP contribution is -2.52. The van der Waals surface area contributed by atoms with Gasteiger partial charge in [-0.3, -0.25) is 5.10 Å². The van der Waals surface area contributed by atoms with E-state index in [4.69, 9.17) is 17.0 Å². The van der Waals surface area contributed by atoms with Gasteiger partial charge in [0.1, 0.15) is 6.10 Å². The van der Waals surface area contributed by atoms with Crippen molar-refractivity contribution in [2.45, 2.75) is 11.5 Å². The Bertz CT molecular complexity index is 693. The number of benzene rings is 1. The number of H-pyrrole nitrogens is 1. The number of hydrogen-bond donors (Lipinski definition) is 2. The van der Waals surface area contributed by atoms with Crippen LogP contribution in [-0.2, 0) is 17.2 Å². The number of ether oxygens (including phenoxy) is 1. The summed E-state index contributed by atoms with van der Waals surface area (Å²) in [6.07, 6.45) is -0.775. The number of aromatic amines is 1. The molecule has 2 N–H and O–H groups in total. The minimum absolute atomic E-state index is 0.463. The van der Waals surface area contributed by atoms with E-state index in [1.807, 2.05) is 24.3 Å². The summed E-state index contributed by atoms with van der Waals surface area (Å²) < 4.78 is 8.53. The molecule has 7 heteroatoms. The SMILES string of the molecule is Cn1c(C(O)C2(c3cccc(Br)c3)COC2)n[nH]c1=S. The number of aliphatic hydroxyl groups is 1. The average Bonchev–Trinajstić information content (AvgIpc) is 2.69. The van der Waals surface area contributed by atoms with Crippen molar-refractivity contribution in [3.8, 4) is 0 Å². The third kappa shape index (κ3) is 2.05. The van der Waals surface area contributed by atoms with Crippen LogP contribution in [0.5, 0.6) is 0 Å². The van der Waals surface area contributed by atoms with Crippen LogP contribution in [0, 0.1) is 4.77 Å². The molecule has 3 rings (SSSR count). The van der Waals surface area contributed by atoms with Crippen molar-refractivity contribution in [3.05, 3.63) is 44.9 Å². The molecule has 1 aromatic heterocycles. The predicted octanol–water partition coefficient (Wildman–Crippen LogP) is 2.24. The molecule has 0 aliphatic carbocycles. The van der Waals surface area contributed by atoms with Crippen molar-refractivity contribution in [1.29, 1.82) is 0 Å². The van der Waals surface area contributed by atoms with Gasteiger partial charge in [-0.1, -0.05) is 28.1 Å². The van der Waals surface area contributed by atoms with Gasteiger partial charge >= 0.3 is 0 Å². The van der Waals surface area contributed by atoms with Gasteiger partial charge in [0, 0.05) is 11.5 Å². The van der Waals surface area contributed by atoms with Crippen LogP contribution in [0.3, 0.4) is 0 Å². The number of aromatic nitrogens is 3. The second-order valence-corrected chi connectivity index (χ2v) is 6.31. The summed E-state index contributed by atoms with van der Waals surface area (Å²) in [6, 6.07) is 7.92. The van der Waals surface area contributed by atoms with E-state index in [1.165, 1.54) is 0 Å². The van der Waals surface area contributed by atoms with Crippen LogP contribution in [-0.4, -0.2) is 33.1 Å². The van der Waals surface area contributed by atoms with Crippen LogP contribution < -0.4 is 0 Å². The first-order valence-electron chi connectivity index (χ1n) is 6.18. The quantitative estimate of drug-likeness (QED) is 0.828. The molecule has 1 unspecified atom stereocenters. The Labute approximate surface area is 129 Å². The van der Waals surface area contributed by atoms with Gasteiger partial charge in [0.2, 0.25) is 0 Å². The van der Waals surface area contributed by atoms with Crippen LogP contribution >= 0.6 is 28.1 Å². The molecular weight excluding hydrogens is 342 g/mol. The van der Waals surface area contributed by atoms with E-state index in [0.29, 0.717) is 23.8 Å². The number of rotatable bonds is 3. The average molecular weight is 356 g/mol. The van der Waals surface area contributed by atoms with E-state index < -0.39 is 11.5 Å². The van der Waals surface area contributed by atoms with Gasteiger partial charge in [0.15, 0.2) is 10.6 Å². The largest absolute Gasteiger partial charge is 0.384 e. The van der Waals surface area contributed by atoms with Gasteiger partial charge in [0.25, 0.3) is 0 Å². The molecule has 0 radical (unpaired) electrons. The van der Waals surface area contributed by atoms with E-state index in [1.54, 1.807) is 11.6 Å². The maximum absolute atomic E-state index is 10.8. The zero-order valence-electron chi connectivity index (χ0n) is 10.8. The molecular formula is C13H14BrN3O2S. The number of hydrogen-bond acceptors (Lipinski definition) is 4. The molecule has 0 saturated carbocycles. The first kappa shape index (κ1) is 13.9. The molecule has 2 aromatic rings. The summed E-state index contributed by atoms with van der Waals surface area (Å²) in [6.45, 7) is 0.925.